The predicted molar refractivity (Wildman–Crippen MR) is 108 cm³/mol. The van der Waals surface area contributed by atoms with E-state index in [0.29, 0.717) is 6.61 Å². The third-order valence-corrected chi connectivity index (χ3v) is 4.51. The van der Waals surface area contributed by atoms with Crippen molar-refractivity contribution < 1.29 is 4.74 Å². The van der Waals surface area contributed by atoms with Crippen LogP contribution in [0, 0.1) is 0 Å². The smallest absolute Gasteiger partial charge is 0.191 e. The fourth-order valence-electron chi connectivity index (χ4n) is 3.27. The van der Waals surface area contributed by atoms with Gasteiger partial charge in [-0.05, 0) is 25.3 Å². The lowest BCUT2D eigenvalue weighted by atomic mass is 9.79. The Hall–Kier alpha value is -0.820. The minimum atomic E-state index is 0. The fourth-order valence-corrected chi connectivity index (χ4v) is 3.27. The second-order valence-corrected chi connectivity index (χ2v) is 5.90. The van der Waals surface area contributed by atoms with Gasteiger partial charge >= 0.3 is 0 Å². The van der Waals surface area contributed by atoms with Crippen LogP contribution in [0.25, 0.3) is 0 Å². The number of guanidine groups is 1. The molecule has 0 bridgehead atoms. The summed E-state index contributed by atoms with van der Waals surface area (Å²) >= 11 is 0. The Morgan fingerprint density at radius 3 is 2.48 bits per heavy atom. The van der Waals surface area contributed by atoms with Crippen LogP contribution in [0.15, 0.2) is 35.3 Å². The molecule has 1 saturated carbocycles. The molecule has 1 aromatic rings. The van der Waals surface area contributed by atoms with E-state index in [9.17, 15) is 0 Å². The standard InChI is InChI=1S/C18H29N3O.HI/c1-3-22-14-13-20-17(19-2)21-15-18(11-7-8-12-18)16-9-5-4-6-10-16;/h4-6,9-10H,3,7-8,11-15H2,1-2H3,(H2,19,20,21);1H. The molecule has 0 aromatic heterocycles. The highest BCUT2D eigenvalue weighted by atomic mass is 127. The Morgan fingerprint density at radius 2 is 1.87 bits per heavy atom. The number of aliphatic imine (C=N–C) groups is 1. The molecule has 1 aromatic carbocycles. The molecule has 0 amide bonds. The highest BCUT2D eigenvalue weighted by Crippen LogP contribution is 2.40. The maximum Gasteiger partial charge on any atom is 0.191 e. The zero-order valence-corrected chi connectivity index (χ0v) is 16.6. The molecule has 1 aliphatic carbocycles. The Morgan fingerprint density at radius 1 is 1.17 bits per heavy atom. The lowest BCUT2D eigenvalue weighted by Crippen LogP contribution is -2.45. The van der Waals surface area contributed by atoms with Crippen LogP contribution < -0.4 is 10.6 Å². The van der Waals surface area contributed by atoms with Crippen LogP contribution in [0.5, 0.6) is 0 Å². The van der Waals surface area contributed by atoms with Crippen molar-refractivity contribution in [3.8, 4) is 0 Å². The fraction of sp³-hybridized carbons (Fsp3) is 0.611. The summed E-state index contributed by atoms with van der Waals surface area (Å²) in [5.74, 6) is 0.863. The SMILES string of the molecule is CCOCCNC(=NC)NCC1(c2ccccc2)CCCC1.I. The van der Waals surface area contributed by atoms with Gasteiger partial charge in [0.25, 0.3) is 0 Å². The molecule has 130 valence electrons. The Labute approximate surface area is 157 Å². The number of rotatable bonds is 7. The van der Waals surface area contributed by atoms with Gasteiger partial charge in [0.15, 0.2) is 5.96 Å². The molecule has 2 N–H and O–H groups in total. The van der Waals surface area contributed by atoms with E-state index in [0.717, 1.165) is 25.7 Å². The van der Waals surface area contributed by atoms with Crippen molar-refractivity contribution in [3.05, 3.63) is 35.9 Å². The van der Waals surface area contributed by atoms with E-state index in [1.807, 2.05) is 14.0 Å². The summed E-state index contributed by atoms with van der Waals surface area (Å²) in [5, 5.41) is 6.82. The van der Waals surface area contributed by atoms with E-state index in [1.54, 1.807) is 0 Å². The maximum atomic E-state index is 5.35. The maximum absolute atomic E-state index is 5.35. The van der Waals surface area contributed by atoms with Crippen LogP contribution in [0.3, 0.4) is 0 Å². The number of nitrogens with zero attached hydrogens (tertiary/aromatic N) is 1. The average Bonchev–Trinajstić information content (AvgIpc) is 3.05. The first-order chi connectivity index (χ1) is 10.8. The van der Waals surface area contributed by atoms with E-state index < -0.39 is 0 Å². The second kappa shape index (κ2) is 10.9. The third-order valence-electron chi connectivity index (χ3n) is 4.51. The quantitative estimate of drug-likeness (QED) is 0.301. The summed E-state index contributed by atoms with van der Waals surface area (Å²) in [5.41, 5.74) is 1.70. The predicted octanol–water partition coefficient (Wildman–Crippen LogP) is 3.32. The van der Waals surface area contributed by atoms with Crippen molar-refractivity contribution in [2.24, 2.45) is 4.99 Å². The molecule has 0 unspecified atom stereocenters. The van der Waals surface area contributed by atoms with Crippen molar-refractivity contribution in [2.75, 3.05) is 33.4 Å². The molecule has 0 radical (unpaired) electrons. The lowest BCUT2D eigenvalue weighted by molar-refractivity contribution is 0.152. The van der Waals surface area contributed by atoms with Crippen molar-refractivity contribution in [1.29, 1.82) is 0 Å². The van der Waals surface area contributed by atoms with E-state index in [2.05, 4.69) is 46.0 Å². The van der Waals surface area contributed by atoms with Crippen molar-refractivity contribution in [1.82, 2.24) is 10.6 Å². The number of hydrogen-bond donors (Lipinski definition) is 2. The number of ether oxygens (including phenoxy) is 1. The first kappa shape index (κ1) is 20.2. The summed E-state index contributed by atoms with van der Waals surface area (Å²) < 4.78 is 5.35. The molecule has 1 fully saturated rings. The highest BCUT2D eigenvalue weighted by molar-refractivity contribution is 14.0. The lowest BCUT2D eigenvalue weighted by Gasteiger charge is -2.30. The van der Waals surface area contributed by atoms with Crippen molar-refractivity contribution in [2.45, 2.75) is 38.0 Å². The van der Waals surface area contributed by atoms with Gasteiger partial charge in [0, 0.05) is 32.2 Å². The molecule has 2 rings (SSSR count). The average molecular weight is 431 g/mol. The summed E-state index contributed by atoms with van der Waals surface area (Å²) in [4.78, 5) is 4.31. The Bertz CT molecular complexity index is 459. The molecule has 0 atom stereocenters. The van der Waals surface area contributed by atoms with Crippen LogP contribution in [-0.2, 0) is 10.2 Å². The summed E-state index contributed by atoms with van der Waals surface area (Å²) in [6.07, 6.45) is 5.12. The summed E-state index contributed by atoms with van der Waals surface area (Å²) in [6.45, 7) is 5.19. The number of halogens is 1. The van der Waals surface area contributed by atoms with Crippen LogP contribution in [0.4, 0.5) is 0 Å². The van der Waals surface area contributed by atoms with Crippen molar-refractivity contribution in [3.63, 3.8) is 0 Å². The van der Waals surface area contributed by atoms with Crippen LogP contribution in [-0.4, -0.2) is 39.3 Å². The van der Waals surface area contributed by atoms with Gasteiger partial charge in [0.1, 0.15) is 0 Å². The zero-order valence-electron chi connectivity index (χ0n) is 14.3. The highest BCUT2D eigenvalue weighted by Gasteiger charge is 2.35. The van der Waals surface area contributed by atoms with Crippen LogP contribution in [0.2, 0.25) is 0 Å². The second-order valence-electron chi connectivity index (χ2n) is 5.90. The molecule has 0 saturated heterocycles. The zero-order chi connectivity index (χ0) is 15.7. The van der Waals surface area contributed by atoms with E-state index in [-0.39, 0.29) is 29.4 Å². The van der Waals surface area contributed by atoms with Crippen LogP contribution >= 0.6 is 24.0 Å². The number of nitrogens with one attached hydrogen (secondary N) is 2. The largest absolute Gasteiger partial charge is 0.380 e. The van der Waals surface area contributed by atoms with E-state index >= 15 is 0 Å². The molecule has 1 aliphatic rings. The monoisotopic (exact) mass is 431 g/mol. The van der Waals surface area contributed by atoms with Gasteiger partial charge < -0.3 is 15.4 Å². The minimum Gasteiger partial charge on any atom is -0.380 e. The first-order valence-corrected chi connectivity index (χ1v) is 8.38. The topological polar surface area (TPSA) is 45.6 Å². The Kier molecular flexibility index (Phi) is 9.55. The molecule has 5 heteroatoms. The molecule has 0 spiro atoms. The van der Waals surface area contributed by atoms with E-state index in [1.165, 1.54) is 31.2 Å². The third kappa shape index (κ3) is 5.95. The van der Waals surface area contributed by atoms with Gasteiger partial charge in [-0.3, -0.25) is 4.99 Å². The van der Waals surface area contributed by atoms with Gasteiger partial charge in [0.2, 0.25) is 0 Å². The van der Waals surface area contributed by atoms with Gasteiger partial charge in [-0.25, -0.2) is 0 Å². The number of benzene rings is 1. The minimum absolute atomic E-state index is 0. The first-order valence-electron chi connectivity index (χ1n) is 8.38. The van der Waals surface area contributed by atoms with Gasteiger partial charge in [-0.1, -0.05) is 43.2 Å². The summed E-state index contributed by atoms with van der Waals surface area (Å²) in [6, 6.07) is 10.9. The molecule has 0 aliphatic heterocycles. The molecule has 4 nitrogen and oxygen atoms in total. The molecular weight excluding hydrogens is 401 g/mol. The Balaban J connectivity index is 0.00000264. The molecule has 0 heterocycles. The number of hydrogen-bond acceptors (Lipinski definition) is 2. The van der Waals surface area contributed by atoms with Gasteiger partial charge in [-0.15, -0.1) is 24.0 Å². The van der Waals surface area contributed by atoms with Crippen molar-refractivity contribution >= 4 is 29.9 Å². The van der Waals surface area contributed by atoms with Gasteiger partial charge in [-0.2, -0.15) is 0 Å². The molecular formula is C18H30IN3O. The van der Waals surface area contributed by atoms with Crippen LogP contribution in [0.1, 0.15) is 38.2 Å². The normalized spacial score (nSPS) is 16.7. The van der Waals surface area contributed by atoms with E-state index in [4.69, 9.17) is 4.74 Å². The van der Waals surface area contributed by atoms with Gasteiger partial charge in [0.05, 0.1) is 6.61 Å². The summed E-state index contributed by atoms with van der Waals surface area (Å²) in [7, 11) is 1.82. The molecule has 23 heavy (non-hydrogen) atoms.